The summed E-state index contributed by atoms with van der Waals surface area (Å²) in [5, 5.41) is 5.34. The average Bonchev–Trinajstić information content (AvgIpc) is 2.62. The molecule has 25 heavy (non-hydrogen) atoms. The number of hydrogen-bond donors (Lipinski definition) is 2. The molecule has 7 heteroatoms. The molecule has 132 valence electrons. The Morgan fingerprint density at radius 1 is 0.960 bits per heavy atom. The summed E-state index contributed by atoms with van der Waals surface area (Å²) in [6.07, 6.45) is -0.539. The van der Waals surface area contributed by atoms with Gasteiger partial charge in [0.25, 0.3) is 5.91 Å². The molecule has 7 nitrogen and oxygen atoms in total. The normalized spacial score (nSPS) is 9.88. The topological polar surface area (TPSA) is 85.9 Å². The van der Waals surface area contributed by atoms with Gasteiger partial charge in [0, 0.05) is 17.3 Å². The van der Waals surface area contributed by atoms with Gasteiger partial charge in [0.05, 0.1) is 26.5 Å². The quantitative estimate of drug-likeness (QED) is 0.837. The molecule has 2 aromatic carbocycles. The highest BCUT2D eigenvalue weighted by Gasteiger charge is 2.11. The monoisotopic (exact) mass is 344 g/mol. The molecule has 0 heterocycles. The number of carbonyl (C=O) groups excluding carboxylic acids is 2. The third kappa shape index (κ3) is 4.87. The molecular formula is C18H20N2O5. The third-order valence-corrected chi connectivity index (χ3v) is 3.33. The molecule has 0 atom stereocenters. The molecular weight excluding hydrogens is 324 g/mol. The lowest BCUT2D eigenvalue weighted by Crippen LogP contribution is -2.14. The predicted molar refractivity (Wildman–Crippen MR) is 94.6 cm³/mol. The van der Waals surface area contributed by atoms with Gasteiger partial charge in [-0.1, -0.05) is 0 Å². The van der Waals surface area contributed by atoms with E-state index in [0.29, 0.717) is 28.4 Å². The maximum absolute atomic E-state index is 12.4. The van der Waals surface area contributed by atoms with Gasteiger partial charge in [0.1, 0.15) is 11.5 Å². The lowest BCUT2D eigenvalue weighted by Gasteiger charge is -2.12. The first-order valence-electron chi connectivity index (χ1n) is 7.64. The molecule has 0 aliphatic carbocycles. The molecule has 2 rings (SSSR count). The van der Waals surface area contributed by atoms with Gasteiger partial charge in [0.15, 0.2) is 0 Å². The standard InChI is InChI=1S/C18H20N2O5/c1-4-25-18(22)19-13-7-5-12(6-8-13)17(21)20-15-10-9-14(23-2)11-16(15)24-3/h5-11H,4H2,1-3H3,(H,19,22)(H,20,21). The summed E-state index contributed by atoms with van der Waals surface area (Å²) in [5.41, 5.74) is 1.51. The lowest BCUT2D eigenvalue weighted by atomic mass is 10.2. The maximum Gasteiger partial charge on any atom is 0.411 e. The highest BCUT2D eigenvalue weighted by molar-refractivity contribution is 6.05. The molecule has 0 unspecified atom stereocenters. The van der Waals surface area contributed by atoms with Crippen molar-refractivity contribution in [2.75, 3.05) is 31.5 Å². The highest BCUT2D eigenvalue weighted by atomic mass is 16.5. The molecule has 0 aromatic heterocycles. The van der Waals surface area contributed by atoms with Gasteiger partial charge in [-0.05, 0) is 43.3 Å². The molecule has 0 aliphatic rings. The number of benzene rings is 2. The molecule has 0 saturated heterocycles. The van der Waals surface area contributed by atoms with Crippen molar-refractivity contribution in [3.8, 4) is 11.5 Å². The van der Waals surface area contributed by atoms with Gasteiger partial charge in [0.2, 0.25) is 0 Å². The van der Waals surface area contributed by atoms with Crippen molar-refractivity contribution in [3.05, 3.63) is 48.0 Å². The molecule has 0 saturated carbocycles. The van der Waals surface area contributed by atoms with Crippen LogP contribution in [0.4, 0.5) is 16.2 Å². The minimum absolute atomic E-state index is 0.288. The van der Waals surface area contributed by atoms with E-state index in [2.05, 4.69) is 10.6 Å². The third-order valence-electron chi connectivity index (χ3n) is 3.33. The van der Waals surface area contributed by atoms with E-state index >= 15 is 0 Å². The molecule has 0 bridgehead atoms. The summed E-state index contributed by atoms with van der Waals surface area (Å²) in [6, 6.07) is 11.6. The van der Waals surface area contributed by atoms with E-state index in [1.807, 2.05) is 0 Å². The summed E-state index contributed by atoms with van der Waals surface area (Å²) in [5.74, 6) is 0.823. The van der Waals surface area contributed by atoms with Crippen LogP contribution < -0.4 is 20.1 Å². The Morgan fingerprint density at radius 2 is 1.68 bits per heavy atom. The van der Waals surface area contributed by atoms with Crippen LogP contribution in [-0.2, 0) is 4.74 Å². The average molecular weight is 344 g/mol. The predicted octanol–water partition coefficient (Wildman–Crippen LogP) is 3.52. The van der Waals surface area contributed by atoms with Crippen LogP contribution in [0.15, 0.2) is 42.5 Å². The van der Waals surface area contributed by atoms with Crippen LogP contribution >= 0.6 is 0 Å². The van der Waals surface area contributed by atoms with Crippen LogP contribution in [0.5, 0.6) is 11.5 Å². The second kappa shape index (κ2) is 8.58. The summed E-state index contributed by atoms with van der Waals surface area (Å²) in [7, 11) is 3.07. The Labute approximate surface area is 145 Å². The van der Waals surface area contributed by atoms with Gasteiger partial charge in [-0.2, -0.15) is 0 Å². The van der Waals surface area contributed by atoms with Crippen molar-refractivity contribution < 1.29 is 23.8 Å². The van der Waals surface area contributed by atoms with Crippen LogP contribution in [0.2, 0.25) is 0 Å². The number of amides is 2. The van der Waals surface area contributed by atoms with E-state index < -0.39 is 6.09 Å². The second-order valence-corrected chi connectivity index (χ2v) is 4.94. The Kier molecular flexibility index (Phi) is 6.22. The fourth-order valence-electron chi connectivity index (χ4n) is 2.09. The summed E-state index contributed by atoms with van der Waals surface area (Å²) < 4.78 is 15.2. The van der Waals surface area contributed by atoms with Crippen molar-refractivity contribution in [2.45, 2.75) is 6.92 Å². The second-order valence-electron chi connectivity index (χ2n) is 4.94. The number of hydrogen-bond acceptors (Lipinski definition) is 5. The molecule has 2 N–H and O–H groups in total. The van der Waals surface area contributed by atoms with Crippen molar-refractivity contribution in [2.24, 2.45) is 0 Å². The van der Waals surface area contributed by atoms with E-state index in [1.54, 1.807) is 56.5 Å². The van der Waals surface area contributed by atoms with Crippen molar-refractivity contribution in [3.63, 3.8) is 0 Å². The number of methoxy groups -OCH3 is 2. The summed E-state index contributed by atoms with van der Waals surface area (Å²) in [4.78, 5) is 23.7. The maximum atomic E-state index is 12.4. The SMILES string of the molecule is CCOC(=O)Nc1ccc(C(=O)Nc2ccc(OC)cc2OC)cc1. The molecule has 2 amide bonds. The smallest absolute Gasteiger partial charge is 0.411 e. The zero-order valence-electron chi connectivity index (χ0n) is 14.3. The molecule has 0 aliphatic heterocycles. The Balaban J connectivity index is 2.07. The first-order valence-corrected chi connectivity index (χ1v) is 7.64. The zero-order valence-corrected chi connectivity index (χ0v) is 14.3. The highest BCUT2D eigenvalue weighted by Crippen LogP contribution is 2.29. The zero-order chi connectivity index (χ0) is 18.2. The fourth-order valence-corrected chi connectivity index (χ4v) is 2.09. The molecule has 2 aromatic rings. The van der Waals surface area contributed by atoms with Crippen LogP contribution in [0.3, 0.4) is 0 Å². The number of rotatable bonds is 6. The van der Waals surface area contributed by atoms with Crippen LogP contribution in [0.25, 0.3) is 0 Å². The van der Waals surface area contributed by atoms with E-state index in [1.165, 1.54) is 7.11 Å². The van der Waals surface area contributed by atoms with Crippen molar-refractivity contribution in [1.82, 2.24) is 0 Å². The first-order chi connectivity index (χ1) is 12.1. The van der Waals surface area contributed by atoms with E-state index in [9.17, 15) is 9.59 Å². The van der Waals surface area contributed by atoms with Crippen LogP contribution in [0.1, 0.15) is 17.3 Å². The Bertz CT molecular complexity index is 744. The number of carbonyl (C=O) groups is 2. The lowest BCUT2D eigenvalue weighted by molar-refractivity contribution is 0.102. The minimum Gasteiger partial charge on any atom is -0.497 e. The summed E-state index contributed by atoms with van der Waals surface area (Å²) >= 11 is 0. The van der Waals surface area contributed by atoms with Gasteiger partial charge < -0.3 is 19.5 Å². The number of anilines is 2. The van der Waals surface area contributed by atoms with Crippen LogP contribution in [-0.4, -0.2) is 32.8 Å². The van der Waals surface area contributed by atoms with Crippen molar-refractivity contribution in [1.29, 1.82) is 0 Å². The van der Waals surface area contributed by atoms with Gasteiger partial charge >= 0.3 is 6.09 Å². The van der Waals surface area contributed by atoms with Crippen molar-refractivity contribution >= 4 is 23.4 Å². The molecule has 0 fully saturated rings. The van der Waals surface area contributed by atoms with Crippen LogP contribution in [0, 0.1) is 0 Å². The number of nitrogens with one attached hydrogen (secondary N) is 2. The Hall–Kier alpha value is -3.22. The largest absolute Gasteiger partial charge is 0.497 e. The number of ether oxygens (including phenoxy) is 3. The Morgan fingerprint density at radius 3 is 2.28 bits per heavy atom. The fraction of sp³-hybridized carbons (Fsp3) is 0.222. The molecule has 0 radical (unpaired) electrons. The van der Waals surface area contributed by atoms with E-state index in [4.69, 9.17) is 14.2 Å². The first kappa shape index (κ1) is 18.1. The van der Waals surface area contributed by atoms with Gasteiger partial charge in [-0.25, -0.2) is 4.79 Å². The summed E-state index contributed by atoms with van der Waals surface area (Å²) in [6.45, 7) is 2.01. The van der Waals surface area contributed by atoms with E-state index in [0.717, 1.165) is 0 Å². The van der Waals surface area contributed by atoms with Gasteiger partial charge in [-0.15, -0.1) is 0 Å². The molecule has 0 spiro atoms. The van der Waals surface area contributed by atoms with Gasteiger partial charge in [-0.3, -0.25) is 10.1 Å². The minimum atomic E-state index is -0.539. The van der Waals surface area contributed by atoms with E-state index in [-0.39, 0.29) is 12.5 Å².